The zero-order valence-corrected chi connectivity index (χ0v) is 11.1. The molecule has 0 radical (unpaired) electrons. The van der Waals surface area contributed by atoms with Crippen LogP contribution in [-0.2, 0) is 4.79 Å². The minimum absolute atomic E-state index is 0.00203. The molecule has 0 saturated heterocycles. The first kappa shape index (κ1) is 15.4. The first-order valence-corrected chi connectivity index (χ1v) is 5.91. The van der Waals surface area contributed by atoms with Gasteiger partial charge in [0.1, 0.15) is 0 Å². The molecular weight excluding hydrogens is 204 g/mol. The van der Waals surface area contributed by atoms with Crippen LogP contribution in [0.15, 0.2) is 0 Å². The maximum Gasteiger partial charge on any atom is 0.234 e. The molecule has 0 heterocycles. The first-order chi connectivity index (χ1) is 7.27. The van der Waals surface area contributed by atoms with Gasteiger partial charge in [0.05, 0.1) is 6.54 Å². The van der Waals surface area contributed by atoms with Crippen LogP contribution in [0.3, 0.4) is 0 Å². The highest BCUT2D eigenvalue weighted by atomic mass is 16.3. The predicted molar refractivity (Wildman–Crippen MR) is 66.2 cm³/mol. The highest BCUT2D eigenvalue weighted by Crippen LogP contribution is 2.21. The van der Waals surface area contributed by atoms with Crippen LogP contribution in [0.5, 0.6) is 0 Å². The van der Waals surface area contributed by atoms with Crippen molar-refractivity contribution >= 4 is 5.91 Å². The smallest absolute Gasteiger partial charge is 0.234 e. The topological polar surface area (TPSA) is 61.4 Å². The fourth-order valence-electron chi connectivity index (χ4n) is 1.56. The fourth-order valence-corrected chi connectivity index (χ4v) is 1.56. The summed E-state index contributed by atoms with van der Waals surface area (Å²) in [7, 11) is 0. The zero-order valence-electron chi connectivity index (χ0n) is 11.1. The Morgan fingerprint density at radius 3 is 2.25 bits per heavy atom. The molecule has 1 unspecified atom stereocenters. The SMILES string of the molecule is CC(C)NC(=O)CNC(CCO)C(C)(C)C. The van der Waals surface area contributed by atoms with Crippen molar-refractivity contribution in [3.8, 4) is 0 Å². The van der Waals surface area contributed by atoms with Crippen molar-refractivity contribution in [1.29, 1.82) is 0 Å². The van der Waals surface area contributed by atoms with E-state index in [1.54, 1.807) is 0 Å². The standard InChI is InChI=1S/C12H26N2O2/c1-9(2)14-11(16)8-13-10(6-7-15)12(3,4)5/h9-10,13,15H,6-8H2,1-5H3,(H,14,16). The van der Waals surface area contributed by atoms with E-state index >= 15 is 0 Å². The largest absolute Gasteiger partial charge is 0.396 e. The number of carbonyl (C=O) groups excluding carboxylic acids is 1. The van der Waals surface area contributed by atoms with Gasteiger partial charge in [-0.2, -0.15) is 0 Å². The van der Waals surface area contributed by atoms with Gasteiger partial charge in [-0.05, 0) is 25.7 Å². The van der Waals surface area contributed by atoms with Crippen LogP contribution in [0.1, 0.15) is 41.0 Å². The molecule has 0 aromatic heterocycles. The van der Waals surface area contributed by atoms with Crippen LogP contribution < -0.4 is 10.6 Å². The molecule has 0 rings (SSSR count). The highest BCUT2D eigenvalue weighted by molar-refractivity contribution is 5.78. The van der Waals surface area contributed by atoms with Crippen LogP contribution in [0.25, 0.3) is 0 Å². The number of aliphatic hydroxyl groups is 1. The second kappa shape index (κ2) is 6.86. The molecule has 1 amide bonds. The Morgan fingerprint density at radius 1 is 1.31 bits per heavy atom. The summed E-state index contributed by atoms with van der Waals surface area (Å²) in [6.07, 6.45) is 0.665. The third kappa shape index (κ3) is 6.80. The summed E-state index contributed by atoms with van der Waals surface area (Å²) in [5.74, 6) is 0.00203. The van der Waals surface area contributed by atoms with Gasteiger partial charge in [-0.25, -0.2) is 0 Å². The molecule has 4 nitrogen and oxygen atoms in total. The van der Waals surface area contributed by atoms with Gasteiger partial charge in [-0.15, -0.1) is 0 Å². The second-order valence-electron chi connectivity index (χ2n) is 5.53. The summed E-state index contributed by atoms with van der Waals surface area (Å²) in [4.78, 5) is 11.5. The van der Waals surface area contributed by atoms with Crippen molar-refractivity contribution in [2.75, 3.05) is 13.2 Å². The summed E-state index contributed by atoms with van der Waals surface area (Å²) in [6, 6.07) is 0.315. The number of hydrogen-bond donors (Lipinski definition) is 3. The Kier molecular flexibility index (Phi) is 6.60. The van der Waals surface area contributed by atoms with E-state index in [1.165, 1.54) is 0 Å². The van der Waals surface area contributed by atoms with Crippen molar-refractivity contribution < 1.29 is 9.90 Å². The van der Waals surface area contributed by atoms with Crippen molar-refractivity contribution in [3.05, 3.63) is 0 Å². The van der Waals surface area contributed by atoms with E-state index in [1.807, 2.05) is 13.8 Å². The van der Waals surface area contributed by atoms with Gasteiger partial charge >= 0.3 is 0 Å². The van der Waals surface area contributed by atoms with E-state index < -0.39 is 0 Å². The van der Waals surface area contributed by atoms with E-state index in [0.29, 0.717) is 13.0 Å². The molecule has 0 bridgehead atoms. The number of amides is 1. The van der Waals surface area contributed by atoms with Gasteiger partial charge in [0, 0.05) is 18.7 Å². The average Bonchev–Trinajstić information content (AvgIpc) is 2.08. The normalized spacial score (nSPS) is 13.9. The molecule has 0 aromatic rings. The maximum atomic E-state index is 11.5. The van der Waals surface area contributed by atoms with E-state index in [2.05, 4.69) is 31.4 Å². The van der Waals surface area contributed by atoms with Crippen LogP contribution in [-0.4, -0.2) is 36.2 Å². The lowest BCUT2D eigenvalue weighted by molar-refractivity contribution is -0.121. The molecule has 0 spiro atoms. The molecule has 96 valence electrons. The Hall–Kier alpha value is -0.610. The van der Waals surface area contributed by atoms with E-state index in [4.69, 9.17) is 5.11 Å². The molecule has 16 heavy (non-hydrogen) atoms. The van der Waals surface area contributed by atoms with Crippen LogP contribution in [0.4, 0.5) is 0 Å². The second-order valence-corrected chi connectivity index (χ2v) is 5.53. The molecular formula is C12H26N2O2. The van der Waals surface area contributed by atoms with Gasteiger partial charge in [0.25, 0.3) is 0 Å². The van der Waals surface area contributed by atoms with Gasteiger partial charge in [-0.3, -0.25) is 4.79 Å². The Balaban J connectivity index is 4.07. The molecule has 0 aliphatic rings. The number of nitrogens with one attached hydrogen (secondary N) is 2. The molecule has 3 N–H and O–H groups in total. The summed E-state index contributed by atoms with van der Waals surface area (Å²) in [5.41, 5.74) is 0.0425. The van der Waals surface area contributed by atoms with E-state index in [0.717, 1.165) is 0 Å². The molecule has 0 aromatic carbocycles. The monoisotopic (exact) mass is 230 g/mol. The third-order valence-electron chi connectivity index (χ3n) is 2.42. The number of rotatable bonds is 6. The third-order valence-corrected chi connectivity index (χ3v) is 2.42. The molecule has 1 atom stereocenters. The van der Waals surface area contributed by atoms with Crippen LogP contribution >= 0.6 is 0 Å². The summed E-state index contributed by atoms with van der Waals surface area (Å²) in [6.45, 7) is 10.6. The number of hydrogen-bond acceptors (Lipinski definition) is 3. The first-order valence-electron chi connectivity index (χ1n) is 5.91. The van der Waals surface area contributed by atoms with E-state index in [-0.39, 0.29) is 30.0 Å². The van der Waals surface area contributed by atoms with E-state index in [9.17, 15) is 4.79 Å². The van der Waals surface area contributed by atoms with Crippen molar-refractivity contribution in [1.82, 2.24) is 10.6 Å². The Labute approximate surface area is 98.8 Å². The Morgan fingerprint density at radius 2 is 1.88 bits per heavy atom. The summed E-state index contributed by atoms with van der Waals surface area (Å²) in [5, 5.41) is 15.0. The minimum atomic E-state index is 0.00203. The average molecular weight is 230 g/mol. The molecule has 0 fully saturated rings. The maximum absolute atomic E-state index is 11.5. The number of aliphatic hydroxyl groups excluding tert-OH is 1. The summed E-state index contributed by atoms with van der Waals surface area (Å²) < 4.78 is 0. The molecule has 4 heteroatoms. The quantitative estimate of drug-likeness (QED) is 0.635. The number of carbonyl (C=O) groups is 1. The molecule has 0 aliphatic heterocycles. The zero-order chi connectivity index (χ0) is 12.8. The van der Waals surface area contributed by atoms with Crippen LogP contribution in [0.2, 0.25) is 0 Å². The minimum Gasteiger partial charge on any atom is -0.396 e. The Bertz CT molecular complexity index is 210. The molecule has 0 saturated carbocycles. The van der Waals surface area contributed by atoms with Gasteiger partial charge in [0.2, 0.25) is 5.91 Å². The van der Waals surface area contributed by atoms with Gasteiger partial charge in [0.15, 0.2) is 0 Å². The van der Waals surface area contributed by atoms with Gasteiger partial charge in [-0.1, -0.05) is 20.8 Å². The highest BCUT2D eigenvalue weighted by Gasteiger charge is 2.24. The lowest BCUT2D eigenvalue weighted by Crippen LogP contribution is -2.46. The lowest BCUT2D eigenvalue weighted by Gasteiger charge is -2.31. The fraction of sp³-hybridized carbons (Fsp3) is 0.917. The van der Waals surface area contributed by atoms with Crippen molar-refractivity contribution in [3.63, 3.8) is 0 Å². The van der Waals surface area contributed by atoms with Gasteiger partial charge < -0.3 is 15.7 Å². The lowest BCUT2D eigenvalue weighted by atomic mass is 9.85. The van der Waals surface area contributed by atoms with Crippen LogP contribution in [0, 0.1) is 5.41 Å². The molecule has 0 aliphatic carbocycles. The predicted octanol–water partition coefficient (Wildman–Crippen LogP) is 0.898. The van der Waals surface area contributed by atoms with Crippen molar-refractivity contribution in [2.45, 2.75) is 53.1 Å². The summed E-state index contributed by atoms with van der Waals surface area (Å²) >= 11 is 0. The van der Waals surface area contributed by atoms with Crippen molar-refractivity contribution in [2.24, 2.45) is 5.41 Å².